The molecule has 2 aromatic carbocycles. The van der Waals surface area contributed by atoms with Gasteiger partial charge in [-0.3, -0.25) is 4.79 Å². The van der Waals surface area contributed by atoms with Gasteiger partial charge in [-0.2, -0.15) is 5.10 Å². The van der Waals surface area contributed by atoms with Gasteiger partial charge in [0.1, 0.15) is 6.61 Å². The van der Waals surface area contributed by atoms with Gasteiger partial charge >= 0.3 is 0 Å². The summed E-state index contributed by atoms with van der Waals surface area (Å²) in [6.45, 7) is 2.33. The summed E-state index contributed by atoms with van der Waals surface area (Å²) < 4.78 is 10.9. The Morgan fingerprint density at radius 2 is 2.04 bits per heavy atom. The number of nitrogens with zero attached hydrogens (tertiary/aromatic N) is 1. The van der Waals surface area contributed by atoms with Crippen molar-refractivity contribution in [3.05, 3.63) is 57.6 Å². The van der Waals surface area contributed by atoms with Crippen LogP contribution in [0.3, 0.4) is 0 Å². The predicted octanol–water partition coefficient (Wildman–Crippen LogP) is 4.17. The van der Waals surface area contributed by atoms with E-state index in [4.69, 9.17) is 39.1 Å². The molecule has 7 heteroatoms. The molecule has 0 saturated heterocycles. The van der Waals surface area contributed by atoms with E-state index in [0.717, 1.165) is 0 Å². The zero-order chi connectivity index (χ0) is 18.9. The van der Waals surface area contributed by atoms with E-state index in [0.29, 0.717) is 39.3 Å². The number of hydrogen-bond donors (Lipinski definition) is 1. The maximum atomic E-state index is 12.1. The molecule has 2 aromatic rings. The van der Waals surface area contributed by atoms with Gasteiger partial charge in [0.15, 0.2) is 11.5 Å². The second-order valence-corrected chi connectivity index (χ2v) is 5.75. The Labute approximate surface area is 161 Å². The number of rotatable bonds is 7. The molecule has 1 N–H and O–H groups in total. The second kappa shape index (κ2) is 9.71. The van der Waals surface area contributed by atoms with Gasteiger partial charge in [0, 0.05) is 0 Å². The van der Waals surface area contributed by atoms with Crippen molar-refractivity contribution >= 4 is 35.3 Å². The summed E-state index contributed by atoms with van der Waals surface area (Å²) in [7, 11) is 0. The minimum Gasteiger partial charge on any atom is -0.490 e. The Kier molecular flexibility index (Phi) is 7.34. The van der Waals surface area contributed by atoms with Gasteiger partial charge in [-0.1, -0.05) is 41.3 Å². The normalized spacial score (nSPS) is 10.4. The predicted molar refractivity (Wildman–Crippen MR) is 103 cm³/mol. The molecule has 0 aliphatic heterocycles. The highest BCUT2D eigenvalue weighted by Gasteiger charge is 2.12. The lowest BCUT2D eigenvalue weighted by molar-refractivity contribution is 0.0955. The third kappa shape index (κ3) is 5.16. The fraction of sp³-hybridized carbons (Fsp3) is 0.158. The lowest BCUT2D eigenvalue weighted by atomic mass is 10.2. The lowest BCUT2D eigenvalue weighted by Gasteiger charge is -2.12. The van der Waals surface area contributed by atoms with Gasteiger partial charge in [0.2, 0.25) is 0 Å². The van der Waals surface area contributed by atoms with Crippen LogP contribution in [0.2, 0.25) is 10.0 Å². The Hall–Kier alpha value is -2.68. The Bertz CT molecular complexity index is 860. The first-order valence-corrected chi connectivity index (χ1v) is 8.43. The summed E-state index contributed by atoms with van der Waals surface area (Å²) in [5.74, 6) is 2.76. The van der Waals surface area contributed by atoms with Crippen molar-refractivity contribution in [3.63, 3.8) is 0 Å². The van der Waals surface area contributed by atoms with E-state index < -0.39 is 5.91 Å². The van der Waals surface area contributed by atoms with Crippen molar-refractivity contribution in [2.24, 2.45) is 5.10 Å². The molecule has 0 bridgehead atoms. The average molecular weight is 391 g/mol. The summed E-state index contributed by atoms with van der Waals surface area (Å²) in [6, 6.07) is 10.0. The van der Waals surface area contributed by atoms with Gasteiger partial charge in [-0.25, -0.2) is 5.43 Å². The SMILES string of the molecule is C#CCOc1c(Cl)cc(/C=N\NC(=O)c2ccccc2Cl)cc1OCC. The number of halogens is 2. The second-order valence-electron chi connectivity index (χ2n) is 4.93. The van der Waals surface area contributed by atoms with Crippen LogP contribution in [-0.2, 0) is 0 Å². The molecule has 0 atom stereocenters. The molecule has 0 radical (unpaired) electrons. The van der Waals surface area contributed by atoms with Crippen molar-refractivity contribution in [2.45, 2.75) is 6.92 Å². The summed E-state index contributed by atoms with van der Waals surface area (Å²) >= 11 is 12.2. The van der Waals surface area contributed by atoms with Crippen molar-refractivity contribution in [2.75, 3.05) is 13.2 Å². The van der Waals surface area contributed by atoms with Crippen LogP contribution in [0.15, 0.2) is 41.5 Å². The summed E-state index contributed by atoms with van der Waals surface area (Å²) in [5, 5.41) is 4.59. The largest absolute Gasteiger partial charge is 0.490 e. The molecule has 0 aliphatic rings. The molecule has 1 amide bonds. The molecule has 5 nitrogen and oxygen atoms in total. The Morgan fingerprint density at radius 1 is 1.27 bits per heavy atom. The van der Waals surface area contributed by atoms with Gasteiger partial charge < -0.3 is 9.47 Å². The number of carbonyl (C=O) groups excluding carboxylic acids is 1. The Morgan fingerprint density at radius 3 is 2.73 bits per heavy atom. The van der Waals surface area contributed by atoms with Crippen LogP contribution in [0.25, 0.3) is 0 Å². The molecule has 2 rings (SSSR count). The zero-order valence-corrected chi connectivity index (χ0v) is 15.5. The van der Waals surface area contributed by atoms with Crippen molar-refractivity contribution in [1.29, 1.82) is 0 Å². The first-order chi connectivity index (χ1) is 12.6. The molecule has 0 fully saturated rings. The highest BCUT2D eigenvalue weighted by atomic mass is 35.5. The molecular weight excluding hydrogens is 375 g/mol. The first-order valence-electron chi connectivity index (χ1n) is 7.67. The molecule has 0 aliphatic carbocycles. The van der Waals surface area contributed by atoms with E-state index in [9.17, 15) is 4.79 Å². The van der Waals surface area contributed by atoms with Crippen LogP contribution in [0.1, 0.15) is 22.8 Å². The van der Waals surface area contributed by atoms with E-state index in [-0.39, 0.29) is 6.61 Å². The van der Waals surface area contributed by atoms with Crippen LogP contribution in [0.4, 0.5) is 0 Å². The van der Waals surface area contributed by atoms with E-state index >= 15 is 0 Å². The first kappa shape index (κ1) is 19.6. The maximum absolute atomic E-state index is 12.1. The molecule has 0 unspecified atom stereocenters. The van der Waals surface area contributed by atoms with Gasteiger partial charge in [-0.05, 0) is 36.8 Å². The number of hydrogen-bond acceptors (Lipinski definition) is 4. The smallest absolute Gasteiger partial charge is 0.272 e. The highest BCUT2D eigenvalue weighted by Crippen LogP contribution is 2.36. The highest BCUT2D eigenvalue weighted by molar-refractivity contribution is 6.34. The molecule has 134 valence electrons. The number of ether oxygens (including phenoxy) is 2. The average Bonchev–Trinajstić information content (AvgIpc) is 2.61. The van der Waals surface area contributed by atoms with E-state index in [1.165, 1.54) is 6.21 Å². The maximum Gasteiger partial charge on any atom is 0.272 e. The van der Waals surface area contributed by atoms with E-state index in [1.54, 1.807) is 36.4 Å². The summed E-state index contributed by atoms with van der Waals surface area (Å²) in [6.07, 6.45) is 6.64. The van der Waals surface area contributed by atoms with Gasteiger partial charge in [0.25, 0.3) is 5.91 Å². The third-order valence-electron chi connectivity index (χ3n) is 3.13. The van der Waals surface area contributed by atoms with Crippen molar-refractivity contribution < 1.29 is 14.3 Å². The van der Waals surface area contributed by atoms with Crippen LogP contribution in [-0.4, -0.2) is 25.3 Å². The minimum absolute atomic E-state index is 0.0706. The number of hydrazone groups is 1. The molecule has 0 heterocycles. The topological polar surface area (TPSA) is 59.9 Å². The standard InChI is InChI=1S/C19H16Cl2N2O3/c1-3-9-26-18-16(21)10-13(11-17(18)25-4-2)12-22-23-19(24)14-7-5-6-8-15(14)20/h1,5-8,10-12H,4,9H2,2H3,(H,23,24)/b22-12-. The third-order valence-corrected chi connectivity index (χ3v) is 3.74. The zero-order valence-electron chi connectivity index (χ0n) is 14.0. The van der Waals surface area contributed by atoms with Crippen LogP contribution >= 0.6 is 23.2 Å². The lowest BCUT2D eigenvalue weighted by Crippen LogP contribution is -2.17. The van der Waals surface area contributed by atoms with Gasteiger partial charge in [-0.15, -0.1) is 6.42 Å². The minimum atomic E-state index is -0.419. The Balaban J connectivity index is 2.16. The van der Waals surface area contributed by atoms with Gasteiger partial charge in [0.05, 0.1) is 28.4 Å². The van der Waals surface area contributed by atoms with Crippen LogP contribution < -0.4 is 14.9 Å². The van der Waals surface area contributed by atoms with Crippen LogP contribution in [0, 0.1) is 12.3 Å². The van der Waals surface area contributed by atoms with Crippen LogP contribution in [0.5, 0.6) is 11.5 Å². The molecular formula is C19H16Cl2N2O3. The van der Waals surface area contributed by atoms with E-state index in [2.05, 4.69) is 16.4 Å². The van der Waals surface area contributed by atoms with E-state index in [1.807, 2.05) is 6.92 Å². The molecule has 0 spiro atoms. The number of carbonyl (C=O) groups is 1. The monoisotopic (exact) mass is 390 g/mol. The number of amides is 1. The molecule has 0 saturated carbocycles. The quantitative estimate of drug-likeness (QED) is 0.438. The summed E-state index contributed by atoms with van der Waals surface area (Å²) in [5.41, 5.74) is 3.36. The number of nitrogens with one attached hydrogen (secondary N) is 1. The fourth-order valence-corrected chi connectivity index (χ4v) is 2.55. The molecule has 26 heavy (non-hydrogen) atoms. The van der Waals surface area contributed by atoms with Crippen molar-refractivity contribution in [1.82, 2.24) is 5.43 Å². The van der Waals surface area contributed by atoms with Crippen molar-refractivity contribution in [3.8, 4) is 23.8 Å². The number of benzene rings is 2. The summed E-state index contributed by atoms with van der Waals surface area (Å²) in [4.78, 5) is 12.1. The number of terminal acetylenes is 1. The molecule has 0 aromatic heterocycles. The fourth-order valence-electron chi connectivity index (χ4n) is 2.05.